The number of halogens is 2. The van der Waals surface area contributed by atoms with Crippen LogP contribution in [0.3, 0.4) is 0 Å². The molecule has 7 heteroatoms. The number of benzene rings is 2. The standard InChI is InChI=1S/C25H20I2O5/c1-25(2)18(12-17-22(28)20(26)21(27)23(17)29)19(25)24(30)31-13-14-7-6-10-16(11-14)32-15-8-4-3-5-9-15/h3-12,18-19H,13H2,1-2H3. The highest BCUT2D eigenvalue weighted by Crippen LogP contribution is 2.60. The Balaban J connectivity index is 1.40. The normalized spacial score (nSPS) is 21.6. The third-order valence-electron chi connectivity index (χ3n) is 5.85. The molecule has 0 radical (unpaired) electrons. The Morgan fingerprint density at radius 2 is 1.59 bits per heavy atom. The summed E-state index contributed by atoms with van der Waals surface area (Å²) < 4.78 is 12.3. The molecule has 0 N–H and O–H groups in total. The fourth-order valence-corrected chi connectivity index (χ4v) is 4.95. The van der Waals surface area contributed by atoms with Gasteiger partial charge in [0.1, 0.15) is 18.1 Å². The molecule has 0 aromatic heterocycles. The summed E-state index contributed by atoms with van der Waals surface area (Å²) >= 11 is 3.79. The van der Waals surface area contributed by atoms with Crippen LogP contribution >= 0.6 is 45.2 Å². The van der Waals surface area contributed by atoms with E-state index in [1.165, 1.54) is 0 Å². The predicted molar refractivity (Wildman–Crippen MR) is 137 cm³/mol. The molecular formula is C25H20I2O5. The monoisotopic (exact) mass is 654 g/mol. The zero-order chi connectivity index (χ0) is 23.0. The summed E-state index contributed by atoms with van der Waals surface area (Å²) in [5.41, 5.74) is 0.607. The van der Waals surface area contributed by atoms with Crippen molar-refractivity contribution in [2.75, 3.05) is 0 Å². The minimum absolute atomic E-state index is 0.121. The summed E-state index contributed by atoms with van der Waals surface area (Å²) in [4.78, 5) is 37.5. The Hall–Kier alpha value is -2.01. The van der Waals surface area contributed by atoms with Gasteiger partial charge in [0.15, 0.2) is 0 Å². The number of ketones is 2. The van der Waals surface area contributed by atoms with Crippen molar-refractivity contribution in [3.05, 3.63) is 79.0 Å². The SMILES string of the molecule is CC1(C)C(C=C2C(=O)C(I)=C(I)C2=O)C1C(=O)OCc1cccc(Oc2ccccc2)c1. The molecular weight excluding hydrogens is 634 g/mol. The van der Waals surface area contributed by atoms with Crippen LogP contribution in [-0.4, -0.2) is 17.5 Å². The van der Waals surface area contributed by atoms with Gasteiger partial charge in [0.25, 0.3) is 0 Å². The van der Waals surface area contributed by atoms with Gasteiger partial charge in [-0.3, -0.25) is 14.4 Å². The topological polar surface area (TPSA) is 69.7 Å². The highest BCUT2D eigenvalue weighted by atomic mass is 127. The average Bonchev–Trinajstić information content (AvgIpc) is 3.28. The van der Waals surface area contributed by atoms with Crippen LogP contribution in [0.5, 0.6) is 11.5 Å². The van der Waals surface area contributed by atoms with E-state index in [1.54, 1.807) is 6.08 Å². The Morgan fingerprint density at radius 1 is 0.969 bits per heavy atom. The summed E-state index contributed by atoms with van der Waals surface area (Å²) in [5.74, 6) is -0.0647. The van der Waals surface area contributed by atoms with E-state index in [-0.39, 0.29) is 41.0 Å². The summed E-state index contributed by atoms with van der Waals surface area (Å²) in [7, 11) is 0. The van der Waals surface area contributed by atoms with Crippen molar-refractivity contribution >= 4 is 62.7 Å². The summed E-state index contributed by atoms with van der Waals surface area (Å²) in [6, 6.07) is 16.9. The number of carbonyl (C=O) groups is 3. The van der Waals surface area contributed by atoms with Gasteiger partial charge in [-0.05, 0) is 86.3 Å². The molecule has 1 saturated carbocycles. The Morgan fingerprint density at radius 3 is 2.25 bits per heavy atom. The van der Waals surface area contributed by atoms with E-state index in [9.17, 15) is 14.4 Å². The molecule has 1 fully saturated rings. The van der Waals surface area contributed by atoms with Crippen LogP contribution in [0.1, 0.15) is 19.4 Å². The molecule has 0 saturated heterocycles. The molecule has 2 aromatic rings. The third-order valence-corrected chi connectivity index (χ3v) is 8.94. The summed E-state index contributed by atoms with van der Waals surface area (Å²) in [6.45, 7) is 4.01. The van der Waals surface area contributed by atoms with Crippen molar-refractivity contribution in [3.8, 4) is 11.5 Å². The van der Waals surface area contributed by atoms with Gasteiger partial charge in [-0.25, -0.2) is 0 Å². The van der Waals surface area contributed by atoms with Gasteiger partial charge < -0.3 is 9.47 Å². The molecule has 0 heterocycles. The lowest BCUT2D eigenvalue weighted by Crippen LogP contribution is -2.11. The molecule has 5 nitrogen and oxygen atoms in total. The van der Waals surface area contributed by atoms with E-state index in [1.807, 2.05) is 114 Å². The zero-order valence-electron chi connectivity index (χ0n) is 17.4. The van der Waals surface area contributed by atoms with Gasteiger partial charge in [-0.1, -0.05) is 50.3 Å². The maximum Gasteiger partial charge on any atom is 0.310 e. The van der Waals surface area contributed by atoms with E-state index in [0.29, 0.717) is 12.9 Å². The van der Waals surface area contributed by atoms with E-state index >= 15 is 0 Å². The van der Waals surface area contributed by atoms with E-state index < -0.39 is 5.92 Å². The van der Waals surface area contributed by atoms with Crippen molar-refractivity contribution in [2.45, 2.75) is 20.5 Å². The van der Waals surface area contributed by atoms with Crippen molar-refractivity contribution in [1.82, 2.24) is 0 Å². The summed E-state index contributed by atoms with van der Waals surface area (Å²) in [6.07, 6.45) is 1.66. The third kappa shape index (κ3) is 4.54. The first-order valence-electron chi connectivity index (χ1n) is 10.0. The van der Waals surface area contributed by atoms with Gasteiger partial charge in [0, 0.05) is 0 Å². The van der Waals surface area contributed by atoms with E-state index in [4.69, 9.17) is 9.47 Å². The van der Waals surface area contributed by atoms with Crippen molar-refractivity contribution in [2.24, 2.45) is 17.3 Å². The lowest BCUT2D eigenvalue weighted by atomic mass is 10.1. The number of hydrogen-bond donors (Lipinski definition) is 0. The van der Waals surface area contributed by atoms with Crippen LogP contribution in [0.2, 0.25) is 0 Å². The highest BCUT2D eigenvalue weighted by Gasteiger charge is 2.62. The molecule has 0 spiro atoms. The molecule has 32 heavy (non-hydrogen) atoms. The fourth-order valence-electron chi connectivity index (χ4n) is 3.88. The number of Topliss-reactive ketones (excluding diaryl/α,β-unsaturated/α-hetero) is 2. The lowest BCUT2D eigenvalue weighted by Gasteiger charge is -2.09. The van der Waals surface area contributed by atoms with Crippen molar-refractivity contribution < 1.29 is 23.9 Å². The van der Waals surface area contributed by atoms with Crippen LogP contribution in [-0.2, 0) is 25.7 Å². The molecule has 2 unspecified atom stereocenters. The smallest absolute Gasteiger partial charge is 0.310 e. The first-order valence-corrected chi connectivity index (χ1v) is 12.2. The van der Waals surface area contributed by atoms with Gasteiger partial charge in [-0.15, -0.1) is 0 Å². The predicted octanol–water partition coefficient (Wildman–Crippen LogP) is 5.95. The van der Waals surface area contributed by atoms with Crippen molar-refractivity contribution in [1.29, 1.82) is 0 Å². The molecule has 2 aliphatic rings. The van der Waals surface area contributed by atoms with E-state index in [2.05, 4.69) is 0 Å². The zero-order valence-corrected chi connectivity index (χ0v) is 21.7. The average molecular weight is 654 g/mol. The van der Waals surface area contributed by atoms with Crippen LogP contribution in [0.15, 0.2) is 73.4 Å². The summed E-state index contributed by atoms with van der Waals surface area (Å²) in [5, 5.41) is 0. The second-order valence-electron chi connectivity index (χ2n) is 8.36. The molecule has 0 bridgehead atoms. The Bertz CT molecular complexity index is 1140. The van der Waals surface area contributed by atoms with Crippen molar-refractivity contribution in [3.63, 3.8) is 0 Å². The molecule has 2 atom stereocenters. The highest BCUT2D eigenvalue weighted by molar-refractivity contribution is 14.1. The maximum atomic E-state index is 12.8. The lowest BCUT2D eigenvalue weighted by molar-refractivity contribution is -0.147. The minimum atomic E-state index is -0.393. The Labute approximate surface area is 213 Å². The van der Waals surface area contributed by atoms with Crippen LogP contribution < -0.4 is 4.74 Å². The van der Waals surface area contributed by atoms with Crippen LogP contribution in [0, 0.1) is 17.3 Å². The second-order valence-corrected chi connectivity index (χ2v) is 10.5. The van der Waals surface area contributed by atoms with Gasteiger partial charge in [0.05, 0.1) is 18.7 Å². The molecule has 2 aromatic carbocycles. The molecule has 4 rings (SSSR count). The first-order chi connectivity index (χ1) is 15.2. The van der Waals surface area contributed by atoms with Gasteiger partial charge >= 0.3 is 5.97 Å². The van der Waals surface area contributed by atoms with Gasteiger partial charge in [-0.2, -0.15) is 0 Å². The number of rotatable bonds is 6. The molecule has 0 amide bonds. The maximum absolute atomic E-state index is 12.8. The van der Waals surface area contributed by atoms with Crippen LogP contribution in [0.25, 0.3) is 0 Å². The van der Waals surface area contributed by atoms with Crippen LogP contribution in [0.4, 0.5) is 0 Å². The number of hydrogen-bond acceptors (Lipinski definition) is 5. The fraction of sp³-hybridized carbons (Fsp3) is 0.240. The van der Waals surface area contributed by atoms with Gasteiger partial charge in [0.2, 0.25) is 11.6 Å². The molecule has 0 aliphatic heterocycles. The van der Waals surface area contributed by atoms with E-state index in [0.717, 1.165) is 11.3 Å². The Kier molecular flexibility index (Phi) is 6.58. The number of carbonyl (C=O) groups excluding carboxylic acids is 3. The largest absolute Gasteiger partial charge is 0.461 e. The number of para-hydroxylation sites is 1. The minimum Gasteiger partial charge on any atom is -0.461 e. The second kappa shape index (κ2) is 9.09. The number of allylic oxidation sites excluding steroid dienone is 4. The molecule has 164 valence electrons. The number of ether oxygens (including phenoxy) is 2. The number of esters is 1. The molecule has 2 aliphatic carbocycles. The quantitative estimate of drug-likeness (QED) is 0.167. The first kappa shape index (κ1) is 23.2.